The van der Waals surface area contributed by atoms with Gasteiger partial charge in [0.05, 0.1) is 0 Å². The Labute approximate surface area is 121 Å². The quantitative estimate of drug-likeness (QED) is 0.896. The summed E-state index contributed by atoms with van der Waals surface area (Å²) in [4.78, 5) is 9.31. The highest BCUT2D eigenvalue weighted by Crippen LogP contribution is 2.17. The molecule has 0 atom stereocenters. The van der Waals surface area contributed by atoms with Crippen molar-refractivity contribution >= 4 is 5.82 Å². The van der Waals surface area contributed by atoms with E-state index in [2.05, 4.69) is 67.2 Å². The number of nitrogens with one attached hydrogen (secondary N) is 1. The van der Waals surface area contributed by atoms with Gasteiger partial charge in [-0.05, 0) is 38.3 Å². The molecule has 1 heterocycles. The standard InChI is InChI=1S/C17H23N3/c1-5-10-18-17-13(3)14(4)19-16(20-17)11-15-9-7-6-8-12(15)2/h6-9H,5,10-11H2,1-4H3,(H,18,19,20). The van der Waals surface area contributed by atoms with Crippen LogP contribution in [0.3, 0.4) is 0 Å². The van der Waals surface area contributed by atoms with Crippen LogP contribution in [0.2, 0.25) is 0 Å². The van der Waals surface area contributed by atoms with E-state index in [4.69, 9.17) is 0 Å². The van der Waals surface area contributed by atoms with Crippen LogP contribution in [0.1, 0.15) is 41.6 Å². The Morgan fingerprint density at radius 1 is 1.05 bits per heavy atom. The van der Waals surface area contributed by atoms with Crippen molar-refractivity contribution in [3.8, 4) is 0 Å². The molecule has 2 rings (SSSR count). The van der Waals surface area contributed by atoms with E-state index >= 15 is 0 Å². The van der Waals surface area contributed by atoms with Crippen molar-refractivity contribution in [3.05, 3.63) is 52.5 Å². The number of aromatic nitrogens is 2. The van der Waals surface area contributed by atoms with Crippen molar-refractivity contribution in [2.75, 3.05) is 11.9 Å². The lowest BCUT2D eigenvalue weighted by atomic mass is 10.1. The average Bonchev–Trinajstić information content (AvgIpc) is 2.43. The molecule has 0 aliphatic heterocycles. The van der Waals surface area contributed by atoms with Gasteiger partial charge in [-0.15, -0.1) is 0 Å². The molecule has 2 aromatic rings. The predicted octanol–water partition coefficient (Wildman–Crippen LogP) is 3.81. The second-order valence-corrected chi connectivity index (χ2v) is 5.23. The highest BCUT2D eigenvalue weighted by atomic mass is 15.0. The minimum atomic E-state index is 0.786. The second kappa shape index (κ2) is 6.51. The van der Waals surface area contributed by atoms with Crippen molar-refractivity contribution in [3.63, 3.8) is 0 Å². The molecule has 20 heavy (non-hydrogen) atoms. The van der Waals surface area contributed by atoms with E-state index in [0.717, 1.165) is 42.3 Å². The molecule has 0 radical (unpaired) electrons. The summed E-state index contributed by atoms with van der Waals surface area (Å²) in [6.45, 7) is 9.36. The SMILES string of the molecule is CCCNc1nc(Cc2ccccc2C)nc(C)c1C. The molecule has 0 spiro atoms. The zero-order valence-corrected chi connectivity index (χ0v) is 12.8. The summed E-state index contributed by atoms with van der Waals surface area (Å²) in [5.74, 6) is 1.86. The monoisotopic (exact) mass is 269 g/mol. The molecular formula is C17H23N3. The lowest BCUT2D eigenvalue weighted by Gasteiger charge is -2.12. The van der Waals surface area contributed by atoms with Crippen molar-refractivity contribution in [2.45, 2.75) is 40.5 Å². The predicted molar refractivity (Wildman–Crippen MR) is 84.3 cm³/mol. The van der Waals surface area contributed by atoms with Crippen LogP contribution in [-0.4, -0.2) is 16.5 Å². The van der Waals surface area contributed by atoms with Gasteiger partial charge >= 0.3 is 0 Å². The summed E-state index contributed by atoms with van der Waals surface area (Å²) in [6.07, 6.45) is 1.88. The largest absolute Gasteiger partial charge is 0.370 e. The molecule has 0 saturated heterocycles. The van der Waals surface area contributed by atoms with Crippen molar-refractivity contribution in [1.82, 2.24) is 9.97 Å². The van der Waals surface area contributed by atoms with Gasteiger partial charge in [-0.3, -0.25) is 0 Å². The molecular weight excluding hydrogens is 246 g/mol. The number of hydrogen-bond acceptors (Lipinski definition) is 3. The Morgan fingerprint density at radius 2 is 1.80 bits per heavy atom. The zero-order valence-electron chi connectivity index (χ0n) is 12.8. The average molecular weight is 269 g/mol. The number of nitrogens with zero attached hydrogens (tertiary/aromatic N) is 2. The molecule has 3 nitrogen and oxygen atoms in total. The van der Waals surface area contributed by atoms with E-state index in [-0.39, 0.29) is 0 Å². The molecule has 106 valence electrons. The van der Waals surface area contributed by atoms with Gasteiger partial charge in [0.15, 0.2) is 0 Å². The number of hydrogen-bond donors (Lipinski definition) is 1. The number of aryl methyl sites for hydroxylation is 2. The van der Waals surface area contributed by atoms with Gasteiger partial charge < -0.3 is 5.32 Å². The first-order valence-electron chi connectivity index (χ1n) is 7.24. The van der Waals surface area contributed by atoms with E-state index < -0.39 is 0 Å². The van der Waals surface area contributed by atoms with E-state index in [9.17, 15) is 0 Å². The molecule has 0 unspecified atom stereocenters. The number of anilines is 1. The first-order chi connectivity index (χ1) is 9.61. The first kappa shape index (κ1) is 14.5. The van der Waals surface area contributed by atoms with Crippen LogP contribution in [0.25, 0.3) is 0 Å². The fourth-order valence-electron chi connectivity index (χ4n) is 2.16. The second-order valence-electron chi connectivity index (χ2n) is 5.23. The summed E-state index contributed by atoms with van der Waals surface area (Å²) in [6, 6.07) is 8.41. The molecule has 0 fully saturated rings. The zero-order chi connectivity index (χ0) is 14.5. The molecule has 0 aliphatic rings. The van der Waals surface area contributed by atoms with Gasteiger partial charge in [-0.2, -0.15) is 0 Å². The Kier molecular flexibility index (Phi) is 4.72. The molecule has 1 N–H and O–H groups in total. The van der Waals surface area contributed by atoms with Gasteiger partial charge in [0.25, 0.3) is 0 Å². The Hall–Kier alpha value is -1.90. The van der Waals surface area contributed by atoms with Crippen LogP contribution in [0.15, 0.2) is 24.3 Å². The molecule has 0 amide bonds. The van der Waals surface area contributed by atoms with Gasteiger partial charge in [0.2, 0.25) is 0 Å². The van der Waals surface area contributed by atoms with E-state index in [1.807, 2.05) is 0 Å². The molecule has 0 saturated carbocycles. The third-order valence-corrected chi connectivity index (χ3v) is 3.59. The summed E-state index contributed by atoms with van der Waals surface area (Å²) in [5.41, 5.74) is 4.78. The Morgan fingerprint density at radius 3 is 2.50 bits per heavy atom. The van der Waals surface area contributed by atoms with Crippen LogP contribution in [-0.2, 0) is 6.42 Å². The summed E-state index contributed by atoms with van der Waals surface area (Å²) in [5, 5.41) is 3.39. The van der Waals surface area contributed by atoms with Crippen molar-refractivity contribution < 1.29 is 0 Å². The number of benzene rings is 1. The van der Waals surface area contributed by atoms with Crippen LogP contribution in [0, 0.1) is 20.8 Å². The molecule has 0 bridgehead atoms. The van der Waals surface area contributed by atoms with Gasteiger partial charge in [0, 0.05) is 24.2 Å². The third-order valence-electron chi connectivity index (χ3n) is 3.59. The maximum Gasteiger partial charge on any atom is 0.135 e. The highest BCUT2D eigenvalue weighted by Gasteiger charge is 2.09. The molecule has 1 aromatic heterocycles. The van der Waals surface area contributed by atoms with E-state index in [1.165, 1.54) is 11.1 Å². The lowest BCUT2D eigenvalue weighted by Crippen LogP contribution is -2.09. The maximum absolute atomic E-state index is 4.68. The lowest BCUT2D eigenvalue weighted by molar-refractivity contribution is 0.901. The number of rotatable bonds is 5. The van der Waals surface area contributed by atoms with E-state index in [1.54, 1.807) is 0 Å². The summed E-state index contributed by atoms with van der Waals surface area (Å²) in [7, 11) is 0. The first-order valence-corrected chi connectivity index (χ1v) is 7.24. The van der Waals surface area contributed by atoms with Crippen molar-refractivity contribution in [2.24, 2.45) is 0 Å². The Balaban J connectivity index is 2.28. The summed E-state index contributed by atoms with van der Waals surface area (Å²) >= 11 is 0. The summed E-state index contributed by atoms with van der Waals surface area (Å²) < 4.78 is 0. The van der Waals surface area contributed by atoms with Crippen LogP contribution >= 0.6 is 0 Å². The van der Waals surface area contributed by atoms with Gasteiger partial charge in [-0.25, -0.2) is 9.97 Å². The van der Waals surface area contributed by atoms with Gasteiger partial charge in [0.1, 0.15) is 11.6 Å². The molecule has 1 aromatic carbocycles. The topological polar surface area (TPSA) is 37.8 Å². The van der Waals surface area contributed by atoms with E-state index in [0.29, 0.717) is 0 Å². The maximum atomic E-state index is 4.68. The smallest absolute Gasteiger partial charge is 0.135 e. The minimum Gasteiger partial charge on any atom is -0.370 e. The highest BCUT2D eigenvalue weighted by molar-refractivity contribution is 5.46. The van der Waals surface area contributed by atoms with Crippen LogP contribution in [0.4, 0.5) is 5.82 Å². The van der Waals surface area contributed by atoms with Crippen LogP contribution in [0.5, 0.6) is 0 Å². The Bertz CT molecular complexity index is 591. The van der Waals surface area contributed by atoms with Gasteiger partial charge in [-0.1, -0.05) is 31.2 Å². The normalized spacial score (nSPS) is 10.6. The van der Waals surface area contributed by atoms with Crippen molar-refractivity contribution in [1.29, 1.82) is 0 Å². The third kappa shape index (κ3) is 3.35. The fraction of sp³-hybridized carbons (Fsp3) is 0.412. The molecule has 3 heteroatoms. The molecule has 0 aliphatic carbocycles. The minimum absolute atomic E-state index is 0.786. The fourth-order valence-corrected chi connectivity index (χ4v) is 2.16. The van der Waals surface area contributed by atoms with Crippen LogP contribution < -0.4 is 5.32 Å².